The van der Waals surface area contributed by atoms with Crippen LogP contribution in [0.2, 0.25) is 5.02 Å². The maximum absolute atomic E-state index is 11.7. The van der Waals surface area contributed by atoms with E-state index in [-0.39, 0.29) is 11.6 Å². The molecule has 9 heteroatoms. The van der Waals surface area contributed by atoms with E-state index < -0.39 is 0 Å². The summed E-state index contributed by atoms with van der Waals surface area (Å²) in [5, 5.41) is 9.75. The molecule has 0 bridgehead atoms. The Labute approximate surface area is 184 Å². The Hall–Kier alpha value is -3.36. The summed E-state index contributed by atoms with van der Waals surface area (Å²) in [7, 11) is 1.54. The number of nitrogens with one attached hydrogen (secondary N) is 3. The largest absolute Gasteiger partial charge is 0.457 e. The van der Waals surface area contributed by atoms with Gasteiger partial charge in [0.15, 0.2) is 5.11 Å². The topological polar surface area (TPSA) is 101 Å². The zero-order valence-electron chi connectivity index (χ0n) is 16.3. The number of carbonyl (C=O) groups excluding carboxylic acids is 1. The van der Waals surface area contributed by atoms with Crippen molar-refractivity contribution < 1.29 is 9.53 Å². The van der Waals surface area contributed by atoms with Crippen molar-refractivity contribution in [2.75, 3.05) is 23.4 Å². The Bertz CT molecular complexity index is 1110. The molecule has 0 aliphatic rings. The molecule has 1 aromatic heterocycles. The second-order valence-electron chi connectivity index (χ2n) is 6.35. The monoisotopic (exact) mass is 441 g/mol. The molecule has 0 spiro atoms. The molecular weight excluding hydrogens is 422 g/mol. The molecule has 0 fully saturated rings. The summed E-state index contributed by atoms with van der Waals surface area (Å²) in [6.07, 6.45) is 1.50. The van der Waals surface area contributed by atoms with Crippen molar-refractivity contribution in [1.82, 2.24) is 10.3 Å². The first-order valence-corrected chi connectivity index (χ1v) is 9.74. The summed E-state index contributed by atoms with van der Waals surface area (Å²) in [6, 6.07) is 13.9. The lowest BCUT2D eigenvalue weighted by molar-refractivity contribution is 0.0958. The number of hydrogen-bond donors (Lipinski definition) is 4. The van der Waals surface area contributed by atoms with Gasteiger partial charge >= 0.3 is 0 Å². The van der Waals surface area contributed by atoms with E-state index in [1.165, 1.54) is 13.2 Å². The number of carbonyl (C=O) groups is 1. The number of benzene rings is 2. The highest BCUT2D eigenvalue weighted by atomic mass is 35.5. The SMILES string of the molecule is CNC(=O)c1cc(Oc2ccc(NC(=S)Nc3ccc(Cl)c(C)c3)c(N)c2)ccn1. The quantitative estimate of drug-likeness (QED) is 0.339. The number of anilines is 3. The lowest BCUT2D eigenvalue weighted by Gasteiger charge is -2.14. The van der Waals surface area contributed by atoms with E-state index in [1.807, 2.05) is 19.1 Å². The lowest BCUT2D eigenvalue weighted by Crippen LogP contribution is -2.19. The van der Waals surface area contributed by atoms with E-state index in [2.05, 4.69) is 20.9 Å². The van der Waals surface area contributed by atoms with E-state index in [0.29, 0.717) is 33.0 Å². The molecule has 154 valence electrons. The zero-order chi connectivity index (χ0) is 21.7. The Balaban J connectivity index is 1.67. The molecule has 3 aromatic rings. The fraction of sp³-hybridized carbons (Fsp3) is 0.0952. The number of nitrogen functional groups attached to an aromatic ring is 1. The molecular formula is C21H20ClN5O2S. The molecule has 0 atom stereocenters. The molecule has 5 N–H and O–H groups in total. The highest BCUT2D eigenvalue weighted by Gasteiger charge is 2.09. The Morgan fingerprint density at radius 1 is 1.10 bits per heavy atom. The number of nitrogens with zero attached hydrogens (tertiary/aromatic N) is 1. The number of amides is 1. The maximum atomic E-state index is 11.7. The van der Waals surface area contributed by atoms with Gasteiger partial charge in [-0.1, -0.05) is 11.6 Å². The molecule has 1 heterocycles. The van der Waals surface area contributed by atoms with Gasteiger partial charge in [0.05, 0.1) is 11.4 Å². The van der Waals surface area contributed by atoms with Crippen LogP contribution < -0.4 is 26.4 Å². The molecule has 0 aliphatic carbocycles. The normalized spacial score (nSPS) is 10.2. The van der Waals surface area contributed by atoms with Gasteiger partial charge in [0.25, 0.3) is 5.91 Å². The van der Waals surface area contributed by atoms with Gasteiger partial charge in [0.1, 0.15) is 17.2 Å². The summed E-state index contributed by atoms with van der Waals surface area (Å²) < 4.78 is 5.79. The molecule has 0 radical (unpaired) electrons. The third kappa shape index (κ3) is 5.37. The second kappa shape index (κ2) is 9.43. The molecule has 30 heavy (non-hydrogen) atoms. The van der Waals surface area contributed by atoms with Gasteiger partial charge in [-0.3, -0.25) is 9.78 Å². The standard InChI is InChI=1S/C21H20ClN5O2S/c1-12-9-13(3-5-16(12)22)26-21(30)27-18-6-4-14(10-17(18)23)29-15-7-8-25-19(11-15)20(28)24-2/h3-11H,23H2,1-2H3,(H,24,28)(H2,26,27,30). The number of aryl methyl sites for hydroxylation is 1. The van der Waals surface area contributed by atoms with Crippen LogP contribution in [0.5, 0.6) is 11.5 Å². The minimum atomic E-state index is -0.295. The minimum absolute atomic E-state index is 0.259. The van der Waals surface area contributed by atoms with Crippen LogP contribution in [0, 0.1) is 6.92 Å². The Morgan fingerprint density at radius 2 is 1.87 bits per heavy atom. The number of rotatable bonds is 5. The fourth-order valence-electron chi connectivity index (χ4n) is 2.59. The number of aromatic nitrogens is 1. The highest BCUT2D eigenvalue weighted by molar-refractivity contribution is 7.80. The fourth-order valence-corrected chi connectivity index (χ4v) is 2.93. The lowest BCUT2D eigenvalue weighted by atomic mass is 10.2. The first kappa shape index (κ1) is 21.4. The van der Waals surface area contributed by atoms with Gasteiger partial charge in [0.2, 0.25) is 0 Å². The molecule has 2 aromatic carbocycles. The summed E-state index contributed by atoms with van der Waals surface area (Å²) in [5.74, 6) is 0.690. The van der Waals surface area contributed by atoms with Crippen molar-refractivity contribution in [2.45, 2.75) is 6.92 Å². The average Bonchev–Trinajstić information content (AvgIpc) is 2.72. The number of ether oxygens (including phenoxy) is 1. The Morgan fingerprint density at radius 3 is 2.57 bits per heavy atom. The van der Waals surface area contributed by atoms with Crippen molar-refractivity contribution in [1.29, 1.82) is 0 Å². The first-order valence-electron chi connectivity index (χ1n) is 8.95. The molecule has 0 saturated carbocycles. The Kier molecular flexibility index (Phi) is 6.71. The van der Waals surface area contributed by atoms with Gasteiger partial charge in [-0.15, -0.1) is 0 Å². The third-order valence-corrected chi connectivity index (χ3v) is 4.74. The van der Waals surface area contributed by atoms with Crippen LogP contribution in [0.15, 0.2) is 54.7 Å². The van der Waals surface area contributed by atoms with Crippen LogP contribution >= 0.6 is 23.8 Å². The zero-order valence-corrected chi connectivity index (χ0v) is 17.9. The summed E-state index contributed by atoms with van der Waals surface area (Å²) in [6.45, 7) is 1.92. The average molecular weight is 442 g/mol. The summed E-state index contributed by atoms with van der Waals surface area (Å²) in [5.41, 5.74) is 9.24. The molecule has 1 amide bonds. The molecule has 0 aliphatic heterocycles. The van der Waals surface area contributed by atoms with Crippen molar-refractivity contribution in [3.8, 4) is 11.5 Å². The van der Waals surface area contributed by atoms with Gasteiger partial charge < -0.3 is 26.4 Å². The van der Waals surface area contributed by atoms with E-state index in [1.54, 1.807) is 36.4 Å². The molecule has 0 unspecified atom stereocenters. The predicted molar refractivity (Wildman–Crippen MR) is 125 cm³/mol. The highest BCUT2D eigenvalue weighted by Crippen LogP contribution is 2.28. The van der Waals surface area contributed by atoms with Crippen molar-refractivity contribution in [3.63, 3.8) is 0 Å². The van der Waals surface area contributed by atoms with E-state index in [0.717, 1.165) is 11.3 Å². The van der Waals surface area contributed by atoms with Crippen molar-refractivity contribution in [3.05, 3.63) is 71.0 Å². The van der Waals surface area contributed by atoms with Crippen LogP contribution in [0.25, 0.3) is 0 Å². The number of pyridine rings is 1. The first-order chi connectivity index (χ1) is 14.4. The number of thiocarbonyl (C=S) groups is 1. The van der Waals surface area contributed by atoms with Gasteiger partial charge in [-0.05, 0) is 61.1 Å². The van der Waals surface area contributed by atoms with E-state index in [4.69, 9.17) is 34.3 Å². The van der Waals surface area contributed by atoms with Crippen LogP contribution in [-0.4, -0.2) is 23.1 Å². The van der Waals surface area contributed by atoms with E-state index >= 15 is 0 Å². The van der Waals surface area contributed by atoms with Crippen molar-refractivity contribution in [2.24, 2.45) is 0 Å². The number of nitrogens with two attached hydrogens (primary N) is 1. The van der Waals surface area contributed by atoms with Gasteiger partial charge in [-0.25, -0.2) is 0 Å². The van der Waals surface area contributed by atoms with Crippen LogP contribution in [0.3, 0.4) is 0 Å². The van der Waals surface area contributed by atoms with Gasteiger partial charge in [0, 0.05) is 36.1 Å². The van der Waals surface area contributed by atoms with Crippen LogP contribution in [-0.2, 0) is 0 Å². The van der Waals surface area contributed by atoms with E-state index in [9.17, 15) is 4.79 Å². The summed E-state index contributed by atoms with van der Waals surface area (Å²) >= 11 is 11.4. The maximum Gasteiger partial charge on any atom is 0.269 e. The smallest absolute Gasteiger partial charge is 0.269 e. The summed E-state index contributed by atoms with van der Waals surface area (Å²) in [4.78, 5) is 15.7. The van der Waals surface area contributed by atoms with Crippen molar-refractivity contribution >= 4 is 51.9 Å². The van der Waals surface area contributed by atoms with Crippen LogP contribution in [0.1, 0.15) is 16.1 Å². The van der Waals surface area contributed by atoms with Crippen LogP contribution in [0.4, 0.5) is 17.1 Å². The molecule has 0 saturated heterocycles. The predicted octanol–water partition coefficient (Wildman–Crippen LogP) is 4.59. The second-order valence-corrected chi connectivity index (χ2v) is 7.17. The molecule has 3 rings (SSSR count). The minimum Gasteiger partial charge on any atom is -0.457 e. The molecule has 7 nitrogen and oxygen atoms in total. The number of halogens is 1. The third-order valence-electron chi connectivity index (χ3n) is 4.11. The number of hydrogen-bond acceptors (Lipinski definition) is 5. The van der Waals surface area contributed by atoms with Gasteiger partial charge in [-0.2, -0.15) is 0 Å².